The summed E-state index contributed by atoms with van der Waals surface area (Å²) in [7, 11) is 0. The van der Waals surface area contributed by atoms with Crippen molar-refractivity contribution in [1.82, 2.24) is 4.98 Å². The van der Waals surface area contributed by atoms with Gasteiger partial charge in [0, 0.05) is 11.2 Å². The van der Waals surface area contributed by atoms with Gasteiger partial charge in [0.25, 0.3) is 0 Å². The van der Waals surface area contributed by atoms with Crippen molar-refractivity contribution in [2.45, 2.75) is 13.3 Å². The summed E-state index contributed by atoms with van der Waals surface area (Å²) >= 11 is 5.80. The molecule has 0 aliphatic rings. The summed E-state index contributed by atoms with van der Waals surface area (Å²) < 4.78 is 0. The highest BCUT2D eigenvalue weighted by Crippen LogP contribution is 2.16. The zero-order chi connectivity index (χ0) is 8.27. The van der Waals surface area contributed by atoms with Crippen molar-refractivity contribution in [2.24, 2.45) is 0 Å². The number of nitriles is 1. The lowest BCUT2D eigenvalue weighted by Crippen LogP contribution is -1.91. The van der Waals surface area contributed by atoms with E-state index >= 15 is 0 Å². The molecule has 1 rings (SSSR count). The van der Waals surface area contributed by atoms with E-state index < -0.39 is 0 Å². The summed E-state index contributed by atoms with van der Waals surface area (Å²) in [5, 5.41) is 9.07. The van der Waals surface area contributed by atoms with Gasteiger partial charge in [-0.25, -0.2) is 0 Å². The molecule has 0 aliphatic heterocycles. The third-order valence-electron chi connectivity index (χ3n) is 1.49. The summed E-state index contributed by atoms with van der Waals surface area (Å²) in [6.07, 6.45) is 1.94. The lowest BCUT2D eigenvalue weighted by Gasteiger charge is -2.00. The molecule has 0 saturated heterocycles. The maximum atomic E-state index is 8.40. The number of rotatable bonds is 1. The van der Waals surface area contributed by atoms with Crippen LogP contribution in [0.4, 0.5) is 0 Å². The van der Waals surface area contributed by atoms with Gasteiger partial charge in [-0.15, -0.1) is 0 Å². The van der Waals surface area contributed by atoms with Gasteiger partial charge in [-0.1, -0.05) is 11.6 Å². The summed E-state index contributed by atoms with van der Waals surface area (Å²) in [5.74, 6) is 0. The Labute approximate surface area is 70.4 Å². The third-order valence-corrected chi connectivity index (χ3v) is 1.90. The first-order chi connectivity index (χ1) is 5.25. The number of nitrogens with zero attached hydrogens (tertiary/aromatic N) is 2. The molecule has 0 amide bonds. The molecular formula is C8H7ClN2. The highest BCUT2D eigenvalue weighted by Gasteiger charge is 2.01. The summed E-state index contributed by atoms with van der Waals surface area (Å²) in [5.41, 5.74) is 1.66. The van der Waals surface area contributed by atoms with E-state index in [2.05, 4.69) is 4.98 Å². The monoisotopic (exact) mass is 166 g/mol. The van der Waals surface area contributed by atoms with Gasteiger partial charge in [0.15, 0.2) is 0 Å². The van der Waals surface area contributed by atoms with E-state index in [1.807, 2.05) is 13.0 Å². The average Bonchev–Trinajstić information content (AvgIpc) is 1.99. The lowest BCUT2D eigenvalue weighted by molar-refractivity contribution is 1.08. The molecule has 3 heteroatoms. The minimum Gasteiger partial charge on any atom is -0.260 e. The zero-order valence-corrected chi connectivity index (χ0v) is 6.89. The molecule has 0 bridgehead atoms. The first-order valence-electron chi connectivity index (χ1n) is 3.22. The van der Waals surface area contributed by atoms with Crippen LogP contribution >= 0.6 is 11.6 Å². The van der Waals surface area contributed by atoms with Crippen LogP contribution < -0.4 is 0 Å². The molecule has 56 valence electrons. The summed E-state index contributed by atoms with van der Waals surface area (Å²) in [4.78, 5) is 4.02. The molecule has 0 N–H and O–H groups in total. The van der Waals surface area contributed by atoms with Crippen LogP contribution in [0.15, 0.2) is 12.3 Å². The van der Waals surface area contributed by atoms with Gasteiger partial charge in [0.1, 0.15) is 0 Å². The van der Waals surface area contributed by atoms with Crippen molar-refractivity contribution in [3.05, 3.63) is 28.5 Å². The van der Waals surface area contributed by atoms with E-state index in [4.69, 9.17) is 16.9 Å². The zero-order valence-electron chi connectivity index (χ0n) is 6.13. The third kappa shape index (κ3) is 1.69. The number of hydrogen-bond donors (Lipinski definition) is 0. The molecule has 0 fully saturated rings. The van der Waals surface area contributed by atoms with Crippen LogP contribution in [0.3, 0.4) is 0 Å². The van der Waals surface area contributed by atoms with Crippen molar-refractivity contribution in [2.75, 3.05) is 0 Å². The molecular weight excluding hydrogens is 160 g/mol. The molecule has 0 unspecified atom stereocenters. The van der Waals surface area contributed by atoms with Crippen LogP contribution in [0, 0.1) is 18.3 Å². The number of halogens is 1. The minimum absolute atomic E-state index is 0.326. The Morgan fingerprint density at radius 1 is 1.73 bits per heavy atom. The van der Waals surface area contributed by atoms with Gasteiger partial charge in [-0.3, -0.25) is 4.98 Å². The first kappa shape index (κ1) is 8.03. The highest BCUT2D eigenvalue weighted by atomic mass is 35.5. The second-order valence-electron chi connectivity index (χ2n) is 2.20. The van der Waals surface area contributed by atoms with Gasteiger partial charge in [0.05, 0.1) is 18.2 Å². The Kier molecular flexibility index (Phi) is 2.45. The Hall–Kier alpha value is -1.07. The van der Waals surface area contributed by atoms with Crippen LogP contribution in [0.25, 0.3) is 0 Å². The van der Waals surface area contributed by atoms with Gasteiger partial charge in [-0.05, 0) is 18.6 Å². The standard InChI is InChI=1S/C8H7ClN2/c1-6-7(9)3-5-11-8(6)2-4-10/h3,5H,2H2,1H3. The van der Waals surface area contributed by atoms with Crippen LogP contribution in [0.2, 0.25) is 5.02 Å². The van der Waals surface area contributed by atoms with Crippen molar-refractivity contribution in [1.29, 1.82) is 5.26 Å². The largest absolute Gasteiger partial charge is 0.260 e. The summed E-state index contributed by atoms with van der Waals surface area (Å²) in [6, 6.07) is 3.75. The topological polar surface area (TPSA) is 36.7 Å². The van der Waals surface area contributed by atoms with Crippen molar-refractivity contribution >= 4 is 11.6 Å². The van der Waals surface area contributed by atoms with Crippen molar-refractivity contribution < 1.29 is 0 Å². The molecule has 0 saturated carbocycles. The first-order valence-corrected chi connectivity index (χ1v) is 3.60. The fourth-order valence-electron chi connectivity index (χ4n) is 0.805. The van der Waals surface area contributed by atoms with E-state index in [9.17, 15) is 0 Å². The Balaban J connectivity index is 3.08. The molecule has 0 radical (unpaired) electrons. The molecule has 0 spiro atoms. The predicted octanol–water partition coefficient (Wildman–Crippen LogP) is 2.11. The van der Waals surface area contributed by atoms with E-state index in [-0.39, 0.29) is 0 Å². The number of pyridine rings is 1. The number of aromatic nitrogens is 1. The Morgan fingerprint density at radius 2 is 2.45 bits per heavy atom. The van der Waals surface area contributed by atoms with Crippen LogP contribution in [0.5, 0.6) is 0 Å². The van der Waals surface area contributed by atoms with Crippen LogP contribution in [-0.4, -0.2) is 4.98 Å². The molecule has 11 heavy (non-hydrogen) atoms. The minimum atomic E-state index is 0.326. The van der Waals surface area contributed by atoms with Gasteiger partial charge >= 0.3 is 0 Å². The quantitative estimate of drug-likeness (QED) is 0.641. The predicted molar refractivity (Wildman–Crippen MR) is 43.3 cm³/mol. The smallest absolute Gasteiger partial charge is 0.0777 e. The van der Waals surface area contributed by atoms with Crippen molar-refractivity contribution in [3.8, 4) is 6.07 Å². The van der Waals surface area contributed by atoms with E-state index in [1.165, 1.54) is 0 Å². The fourth-order valence-corrected chi connectivity index (χ4v) is 0.971. The highest BCUT2D eigenvalue weighted by molar-refractivity contribution is 6.31. The molecule has 2 nitrogen and oxygen atoms in total. The van der Waals surface area contributed by atoms with E-state index in [0.717, 1.165) is 11.3 Å². The van der Waals surface area contributed by atoms with E-state index in [1.54, 1.807) is 12.3 Å². The molecule has 0 atom stereocenters. The Morgan fingerprint density at radius 3 is 3.09 bits per heavy atom. The second kappa shape index (κ2) is 3.36. The van der Waals surface area contributed by atoms with Crippen LogP contribution in [-0.2, 0) is 6.42 Å². The molecule has 1 heterocycles. The van der Waals surface area contributed by atoms with Crippen molar-refractivity contribution in [3.63, 3.8) is 0 Å². The van der Waals surface area contributed by atoms with Gasteiger partial charge in [-0.2, -0.15) is 5.26 Å². The summed E-state index contributed by atoms with van der Waals surface area (Å²) in [6.45, 7) is 1.86. The van der Waals surface area contributed by atoms with Gasteiger partial charge in [0.2, 0.25) is 0 Å². The fraction of sp³-hybridized carbons (Fsp3) is 0.250. The molecule has 0 aliphatic carbocycles. The second-order valence-corrected chi connectivity index (χ2v) is 2.61. The SMILES string of the molecule is Cc1c(Cl)ccnc1CC#N. The van der Waals surface area contributed by atoms with Crippen LogP contribution in [0.1, 0.15) is 11.3 Å². The molecule has 0 aromatic carbocycles. The molecule has 1 aromatic heterocycles. The van der Waals surface area contributed by atoms with E-state index in [0.29, 0.717) is 11.4 Å². The Bertz CT molecular complexity index is 301. The van der Waals surface area contributed by atoms with Gasteiger partial charge < -0.3 is 0 Å². The molecule has 1 aromatic rings. The maximum Gasteiger partial charge on any atom is 0.0777 e. The number of hydrogen-bond acceptors (Lipinski definition) is 2. The maximum absolute atomic E-state index is 8.40. The average molecular weight is 167 g/mol. The lowest BCUT2D eigenvalue weighted by atomic mass is 10.2. The normalized spacial score (nSPS) is 9.18.